The van der Waals surface area contributed by atoms with E-state index in [9.17, 15) is 14.0 Å². The van der Waals surface area contributed by atoms with Crippen molar-refractivity contribution in [3.05, 3.63) is 35.1 Å². The van der Waals surface area contributed by atoms with E-state index in [1.165, 1.54) is 24.0 Å². The lowest BCUT2D eigenvalue weighted by Gasteiger charge is -2.23. The van der Waals surface area contributed by atoms with Gasteiger partial charge in [0.2, 0.25) is 0 Å². The van der Waals surface area contributed by atoms with E-state index < -0.39 is 17.7 Å². The number of halogens is 1. The van der Waals surface area contributed by atoms with Gasteiger partial charge in [-0.25, -0.2) is 4.39 Å². The highest BCUT2D eigenvalue weighted by molar-refractivity contribution is 5.94. The van der Waals surface area contributed by atoms with Crippen molar-refractivity contribution < 1.29 is 19.1 Å². The van der Waals surface area contributed by atoms with Crippen LogP contribution in [-0.2, 0) is 4.79 Å². The van der Waals surface area contributed by atoms with Crippen molar-refractivity contribution in [1.29, 1.82) is 0 Å². The van der Waals surface area contributed by atoms with E-state index in [1.54, 1.807) is 19.9 Å². The van der Waals surface area contributed by atoms with Crippen molar-refractivity contribution in [1.82, 2.24) is 4.90 Å². The first-order valence-corrected chi connectivity index (χ1v) is 6.14. The first-order valence-electron chi connectivity index (χ1n) is 6.14. The maximum Gasteiger partial charge on any atom is 0.308 e. The molecule has 0 fully saturated rings. The highest BCUT2D eigenvalue weighted by Crippen LogP contribution is 2.12. The molecule has 0 aromatic heterocycles. The molecule has 0 aliphatic heterocycles. The monoisotopic (exact) mass is 267 g/mol. The van der Waals surface area contributed by atoms with E-state index in [2.05, 4.69) is 0 Å². The van der Waals surface area contributed by atoms with Crippen LogP contribution in [0.1, 0.15) is 29.8 Å². The zero-order valence-corrected chi connectivity index (χ0v) is 11.3. The Hall–Kier alpha value is -1.91. The number of rotatable bonds is 5. The molecule has 104 valence electrons. The average Bonchev–Trinajstić information content (AvgIpc) is 2.33. The van der Waals surface area contributed by atoms with Crippen molar-refractivity contribution in [3.63, 3.8) is 0 Å². The average molecular weight is 267 g/mol. The molecule has 0 spiro atoms. The number of carbonyl (C=O) groups is 2. The summed E-state index contributed by atoms with van der Waals surface area (Å²) in [5.41, 5.74) is 0.905. The van der Waals surface area contributed by atoms with E-state index in [-0.39, 0.29) is 18.0 Å². The summed E-state index contributed by atoms with van der Waals surface area (Å²) in [6, 6.07) is 4.11. The first kappa shape index (κ1) is 15.1. The van der Waals surface area contributed by atoms with E-state index >= 15 is 0 Å². The molecule has 0 bridgehead atoms. The van der Waals surface area contributed by atoms with Gasteiger partial charge in [-0.1, -0.05) is 6.92 Å². The van der Waals surface area contributed by atoms with Crippen LogP contribution in [0.15, 0.2) is 18.2 Å². The topological polar surface area (TPSA) is 57.6 Å². The summed E-state index contributed by atoms with van der Waals surface area (Å²) in [5.74, 6) is -2.43. The Morgan fingerprint density at radius 2 is 2.00 bits per heavy atom. The molecule has 0 heterocycles. The van der Waals surface area contributed by atoms with Crippen molar-refractivity contribution in [2.24, 2.45) is 5.92 Å². The van der Waals surface area contributed by atoms with Crippen LogP contribution < -0.4 is 0 Å². The molecule has 19 heavy (non-hydrogen) atoms. The van der Waals surface area contributed by atoms with Crippen molar-refractivity contribution in [2.75, 3.05) is 13.1 Å². The van der Waals surface area contributed by atoms with Crippen LogP contribution >= 0.6 is 0 Å². The Morgan fingerprint density at radius 1 is 1.37 bits per heavy atom. The number of nitrogens with zero attached hydrogens (tertiary/aromatic N) is 1. The zero-order valence-electron chi connectivity index (χ0n) is 11.3. The highest BCUT2D eigenvalue weighted by atomic mass is 19.1. The molecule has 1 aromatic rings. The third-order valence-corrected chi connectivity index (χ3v) is 2.87. The molecule has 1 atom stereocenters. The quantitative estimate of drug-likeness (QED) is 0.890. The molecule has 0 aliphatic carbocycles. The van der Waals surface area contributed by atoms with Gasteiger partial charge in [0, 0.05) is 18.7 Å². The van der Waals surface area contributed by atoms with Crippen LogP contribution in [0.2, 0.25) is 0 Å². The maximum atomic E-state index is 13.3. The Morgan fingerprint density at radius 3 is 2.47 bits per heavy atom. The summed E-state index contributed by atoms with van der Waals surface area (Å²) < 4.78 is 13.3. The highest BCUT2D eigenvalue weighted by Gasteiger charge is 2.20. The van der Waals surface area contributed by atoms with Gasteiger partial charge >= 0.3 is 5.97 Å². The molecule has 1 amide bonds. The lowest BCUT2D eigenvalue weighted by Crippen LogP contribution is -2.36. The maximum absolute atomic E-state index is 13.3. The van der Waals surface area contributed by atoms with Gasteiger partial charge in [-0.3, -0.25) is 9.59 Å². The molecule has 0 saturated heterocycles. The first-order chi connectivity index (χ1) is 8.85. The number of hydrogen-bond donors (Lipinski definition) is 1. The van der Waals surface area contributed by atoms with E-state index in [4.69, 9.17) is 5.11 Å². The predicted molar refractivity (Wildman–Crippen MR) is 69.5 cm³/mol. The number of carbonyl (C=O) groups excluding carboxylic acids is 1. The molecule has 0 radical (unpaired) electrons. The molecule has 1 rings (SSSR count). The zero-order chi connectivity index (χ0) is 14.6. The molecule has 1 aromatic carbocycles. The van der Waals surface area contributed by atoms with Gasteiger partial charge < -0.3 is 10.0 Å². The fraction of sp³-hybridized carbons (Fsp3) is 0.429. The number of aliphatic carboxylic acids is 1. The fourth-order valence-corrected chi connectivity index (χ4v) is 1.81. The molecule has 5 heteroatoms. The lowest BCUT2D eigenvalue weighted by atomic mass is 10.1. The van der Waals surface area contributed by atoms with Gasteiger partial charge in [0.25, 0.3) is 5.91 Å². The third-order valence-electron chi connectivity index (χ3n) is 2.87. The molecule has 0 unspecified atom stereocenters. The number of carboxylic acids is 1. The number of amides is 1. The van der Waals surface area contributed by atoms with Crippen LogP contribution in [0.4, 0.5) is 4.39 Å². The second-order valence-corrected chi connectivity index (χ2v) is 4.60. The summed E-state index contributed by atoms with van der Waals surface area (Å²) in [6.07, 6.45) is 0. The Balaban J connectivity index is 2.92. The van der Waals surface area contributed by atoms with Gasteiger partial charge in [0.05, 0.1) is 5.92 Å². The largest absolute Gasteiger partial charge is 0.481 e. The van der Waals surface area contributed by atoms with Crippen LogP contribution in [0.3, 0.4) is 0 Å². The lowest BCUT2D eigenvalue weighted by molar-refractivity contribution is -0.141. The normalized spacial score (nSPS) is 12.0. The second-order valence-electron chi connectivity index (χ2n) is 4.60. The van der Waals surface area contributed by atoms with E-state index in [1.807, 2.05) is 0 Å². The smallest absolute Gasteiger partial charge is 0.308 e. The number of carboxylic acid groups (broad SMARTS) is 1. The van der Waals surface area contributed by atoms with Crippen LogP contribution in [-0.4, -0.2) is 35.0 Å². The third kappa shape index (κ3) is 4.05. The SMILES string of the molecule is CCN(C[C@H](C)C(=O)O)C(=O)c1cc(C)cc(F)c1. The summed E-state index contributed by atoms with van der Waals surface area (Å²) >= 11 is 0. The fourth-order valence-electron chi connectivity index (χ4n) is 1.81. The molecular weight excluding hydrogens is 249 g/mol. The van der Waals surface area contributed by atoms with Gasteiger partial charge in [-0.2, -0.15) is 0 Å². The Labute approximate surface area is 111 Å². The summed E-state index contributed by atoms with van der Waals surface area (Å²) in [6.45, 7) is 5.50. The minimum absolute atomic E-state index is 0.111. The molecule has 4 nitrogen and oxygen atoms in total. The van der Waals surface area contributed by atoms with Gasteiger partial charge in [0.15, 0.2) is 0 Å². The van der Waals surface area contributed by atoms with Crippen molar-refractivity contribution in [3.8, 4) is 0 Å². The number of benzene rings is 1. The summed E-state index contributed by atoms with van der Waals surface area (Å²) in [5, 5.41) is 8.87. The minimum atomic E-state index is -0.957. The minimum Gasteiger partial charge on any atom is -0.481 e. The second kappa shape index (κ2) is 6.31. The summed E-state index contributed by atoms with van der Waals surface area (Å²) in [4.78, 5) is 24.4. The number of aryl methyl sites for hydroxylation is 1. The van der Waals surface area contributed by atoms with Gasteiger partial charge in [-0.05, 0) is 37.6 Å². The van der Waals surface area contributed by atoms with E-state index in [0.29, 0.717) is 12.1 Å². The molecule has 1 N–H and O–H groups in total. The number of hydrogen-bond acceptors (Lipinski definition) is 2. The Bertz CT molecular complexity index is 467. The predicted octanol–water partition coefficient (Wildman–Crippen LogP) is 2.32. The van der Waals surface area contributed by atoms with Crippen molar-refractivity contribution >= 4 is 11.9 Å². The Kier molecular flexibility index (Phi) is 5.03. The van der Waals surface area contributed by atoms with Gasteiger partial charge in [0.1, 0.15) is 5.82 Å². The summed E-state index contributed by atoms with van der Waals surface area (Å²) in [7, 11) is 0. The molecule has 0 saturated carbocycles. The van der Waals surface area contributed by atoms with Crippen LogP contribution in [0.25, 0.3) is 0 Å². The van der Waals surface area contributed by atoms with Crippen LogP contribution in [0.5, 0.6) is 0 Å². The van der Waals surface area contributed by atoms with Gasteiger partial charge in [-0.15, -0.1) is 0 Å². The van der Waals surface area contributed by atoms with Crippen LogP contribution in [0, 0.1) is 18.7 Å². The van der Waals surface area contributed by atoms with Crippen molar-refractivity contribution in [2.45, 2.75) is 20.8 Å². The van der Waals surface area contributed by atoms with E-state index in [0.717, 1.165) is 0 Å². The molecular formula is C14H18FNO3. The molecule has 0 aliphatic rings. The standard InChI is InChI=1S/C14H18FNO3/c1-4-16(8-10(3)14(18)19)13(17)11-5-9(2)6-12(15)7-11/h5-7,10H,4,8H2,1-3H3,(H,18,19)/t10-/m0/s1.